The second-order valence-electron chi connectivity index (χ2n) is 8.93. The molecule has 0 spiro atoms. The maximum atomic E-state index is 6.15. The predicted molar refractivity (Wildman–Crippen MR) is 124 cm³/mol. The highest BCUT2D eigenvalue weighted by Gasteiger charge is 2.26. The fourth-order valence-electron chi connectivity index (χ4n) is 4.42. The molecule has 1 heterocycles. The molecule has 29 heavy (non-hydrogen) atoms. The molecule has 2 aromatic carbocycles. The summed E-state index contributed by atoms with van der Waals surface area (Å²) in [6.07, 6.45) is 2.62. The number of hydrogen-bond acceptors (Lipinski definition) is 3. The van der Waals surface area contributed by atoms with Crippen molar-refractivity contribution in [2.45, 2.75) is 53.1 Å². The van der Waals surface area contributed by atoms with E-state index in [4.69, 9.17) is 4.74 Å². The molecule has 0 aliphatic carbocycles. The van der Waals surface area contributed by atoms with Crippen LogP contribution >= 0.6 is 0 Å². The van der Waals surface area contributed by atoms with Crippen LogP contribution in [0.5, 0.6) is 0 Å². The molecule has 2 aromatic rings. The molecule has 0 radical (unpaired) electrons. The summed E-state index contributed by atoms with van der Waals surface area (Å²) < 4.78 is 6.15. The van der Waals surface area contributed by atoms with Crippen LogP contribution in [0.15, 0.2) is 48.5 Å². The molecule has 0 N–H and O–H groups in total. The summed E-state index contributed by atoms with van der Waals surface area (Å²) in [5, 5.41) is 0. The standard InChI is InChI=1S/C26H38N2O/c1-21(2)19-29-20-25(27-15-8-9-16-27)18-28(17-24-13-6-5-7-14-24)26-22(3)11-10-12-23(26)4/h5-7,10-14,21,25H,8-9,15-20H2,1-4H3. The van der Waals surface area contributed by atoms with E-state index < -0.39 is 0 Å². The van der Waals surface area contributed by atoms with Crippen molar-refractivity contribution in [3.05, 3.63) is 65.2 Å². The number of nitrogens with zero attached hydrogens (tertiary/aromatic N) is 2. The zero-order valence-electron chi connectivity index (χ0n) is 18.7. The van der Waals surface area contributed by atoms with Crippen molar-refractivity contribution in [2.24, 2.45) is 5.92 Å². The minimum Gasteiger partial charge on any atom is -0.379 e. The normalized spacial score (nSPS) is 15.8. The molecule has 0 bridgehead atoms. The maximum Gasteiger partial charge on any atom is 0.0639 e. The van der Waals surface area contributed by atoms with Crippen LogP contribution in [-0.4, -0.2) is 43.8 Å². The van der Waals surface area contributed by atoms with Gasteiger partial charge in [-0.1, -0.05) is 62.4 Å². The van der Waals surface area contributed by atoms with Crippen LogP contribution < -0.4 is 4.90 Å². The van der Waals surface area contributed by atoms with Gasteiger partial charge in [0, 0.05) is 25.4 Å². The van der Waals surface area contributed by atoms with Gasteiger partial charge < -0.3 is 9.64 Å². The van der Waals surface area contributed by atoms with Gasteiger partial charge in [0.15, 0.2) is 0 Å². The van der Waals surface area contributed by atoms with Gasteiger partial charge in [0.2, 0.25) is 0 Å². The number of hydrogen-bond donors (Lipinski definition) is 0. The Labute approximate surface area is 177 Å². The molecular formula is C26H38N2O. The van der Waals surface area contributed by atoms with Crippen molar-refractivity contribution in [2.75, 3.05) is 37.7 Å². The number of likely N-dealkylation sites (tertiary alicyclic amines) is 1. The molecule has 1 saturated heterocycles. The van der Waals surface area contributed by atoms with E-state index in [9.17, 15) is 0 Å². The van der Waals surface area contributed by atoms with Gasteiger partial charge in [-0.25, -0.2) is 0 Å². The third-order valence-corrected chi connectivity index (χ3v) is 5.82. The van der Waals surface area contributed by atoms with Crippen molar-refractivity contribution < 1.29 is 4.74 Å². The van der Waals surface area contributed by atoms with Crippen LogP contribution in [0.3, 0.4) is 0 Å². The lowest BCUT2D eigenvalue weighted by atomic mass is 10.1. The van der Waals surface area contributed by atoms with Crippen LogP contribution in [0.4, 0.5) is 5.69 Å². The summed E-state index contributed by atoms with van der Waals surface area (Å²) in [4.78, 5) is 5.23. The van der Waals surface area contributed by atoms with E-state index >= 15 is 0 Å². The summed E-state index contributed by atoms with van der Waals surface area (Å²) in [5.41, 5.74) is 5.44. The van der Waals surface area contributed by atoms with E-state index in [1.54, 1.807) is 0 Å². The minimum atomic E-state index is 0.430. The maximum absolute atomic E-state index is 6.15. The monoisotopic (exact) mass is 394 g/mol. The second-order valence-corrected chi connectivity index (χ2v) is 8.93. The molecule has 3 rings (SSSR count). The van der Waals surface area contributed by atoms with Crippen LogP contribution in [0.25, 0.3) is 0 Å². The van der Waals surface area contributed by atoms with Gasteiger partial charge >= 0.3 is 0 Å². The lowest BCUT2D eigenvalue weighted by Gasteiger charge is -2.36. The van der Waals surface area contributed by atoms with Crippen molar-refractivity contribution >= 4 is 5.69 Å². The summed E-state index contributed by atoms with van der Waals surface area (Å²) in [6, 6.07) is 17.9. The van der Waals surface area contributed by atoms with Gasteiger partial charge in [0.1, 0.15) is 0 Å². The molecule has 1 fully saturated rings. The Morgan fingerprint density at radius 1 is 0.897 bits per heavy atom. The SMILES string of the molecule is Cc1cccc(C)c1N(Cc1ccccc1)CC(COCC(C)C)N1CCCC1. The van der Waals surface area contributed by atoms with Gasteiger partial charge in [-0.15, -0.1) is 0 Å². The molecule has 1 aliphatic rings. The van der Waals surface area contributed by atoms with Crippen molar-refractivity contribution in [1.29, 1.82) is 0 Å². The molecule has 0 aromatic heterocycles. The summed E-state index contributed by atoms with van der Waals surface area (Å²) in [6.45, 7) is 14.9. The molecule has 0 saturated carbocycles. The fraction of sp³-hybridized carbons (Fsp3) is 0.538. The Kier molecular flexibility index (Phi) is 8.14. The largest absolute Gasteiger partial charge is 0.379 e. The van der Waals surface area contributed by atoms with Crippen LogP contribution in [0, 0.1) is 19.8 Å². The van der Waals surface area contributed by atoms with Crippen LogP contribution in [-0.2, 0) is 11.3 Å². The first kappa shape index (κ1) is 21.9. The first-order chi connectivity index (χ1) is 14.0. The molecule has 3 nitrogen and oxygen atoms in total. The fourth-order valence-corrected chi connectivity index (χ4v) is 4.42. The van der Waals surface area contributed by atoms with Gasteiger partial charge in [-0.2, -0.15) is 0 Å². The lowest BCUT2D eigenvalue weighted by Crippen LogP contribution is -2.46. The number of benzene rings is 2. The van der Waals surface area contributed by atoms with Gasteiger partial charge in [0.25, 0.3) is 0 Å². The van der Waals surface area contributed by atoms with E-state index in [1.165, 1.54) is 48.3 Å². The smallest absolute Gasteiger partial charge is 0.0639 e. The molecule has 158 valence electrons. The molecular weight excluding hydrogens is 356 g/mol. The third kappa shape index (κ3) is 6.32. The number of ether oxygens (including phenoxy) is 1. The molecule has 1 unspecified atom stereocenters. The van der Waals surface area contributed by atoms with E-state index in [0.29, 0.717) is 12.0 Å². The first-order valence-electron chi connectivity index (χ1n) is 11.2. The van der Waals surface area contributed by atoms with E-state index in [2.05, 4.69) is 86.0 Å². The van der Waals surface area contributed by atoms with E-state index in [-0.39, 0.29) is 0 Å². The molecule has 3 heteroatoms. The molecule has 1 atom stereocenters. The number of anilines is 1. The Morgan fingerprint density at radius 3 is 2.17 bits per heavy atom. The van der Waals surface area contributed by atoms with E-state index in [0.717, 1.165) is 26.3 Å². The zero-order chi connectivity index (χ0) is 20.6. The molecule has 0 amide bonds. The van der Waals surface area contributed by atoms with Gasteiger partial charge in [-0.05, 0) is 62.4 Å². The van der Waals surface area contributed by atoms with Crippen molar-refractivity contribution in [3.8, 4) is 0 Å². The van der Waals surface area contributed by atoms with Crippen LogP contribution in [0.1, 0.15) is 43.4 Å². The van der Waals surface area contributed by atoms with Crippen molar-refractivity contribution in [3.63, 3.8) is 0 Å². The Bertz CT molecular complexity index is 717. The quantitative estimate of drug-likeness (QED) is 0.533. The summed E-state index contributed by atoms with van der Waals surface area (Å²) >= 11 is 0. The highest BCUT2D eigenvalue weighted by Crippen LogP contribution is 2.27. The topological polar surface area (TPSA) is 15.7 Å². The minimum absolute atomic E-state index is 0.430. The summed E-state index contributed by atoms with van der Waals surface area (Å²) in [5.74, 6) is 0.577. The highest BCUT2D eigenvalue weighted by atomic mass is 16.5. The van der Waals surface area contributed by atoms with Gasteiger partial charge in [0.05, 0.1) is 12.6 Å². The second kappa shape index (κ2) is 10.8. The lowest BCUT2D eigenvalue weighted by molar-refractivity contribution is 0.0567. The molecule has 1 aliphatic heterocycles. The highest BCUT2D eigenvalue weighted by molar-refractivity contribution is 5.59. The van der Waals surface area contributed by atoms with E-state index in [1.807, 2.05) is 0 Å². The average molecular weight is 395 g/mol. The Morgan fingerprint density at radius 2 is 1.55 bits per heavy atom. The van der Waals surface area contributed by atoms with Crippen LogP contribution in [0.2, 0.25) is 0 Å². The zero-order valence-corrected chi connectivity index (χ0v) is 18.7. The average Bonchev–Trinajstić information content (AvgIpc) is 3.22. The summed E-state index contributed by atoms with van der Waals surface area (Å²) in [7, 11) is 0. The number of para-hydroxylation sites is 1. The predicted octanol–water partition coefficient (Wildman–Crippen LogP) is 5.45. The third-order valence-electron chi connectivity index (χ3n) is 5.82. The Hall–Kier alpha value is -1.84. The number of aryl methyl sites for hydroxylation is 2. The van der Waals surface area contributed by atoms with Gasteiger partial charge in [-0.3, -0.25) is 4.90 Å². The first-order valence-corrected chi connectivity index (χ1v) is 11.2. The van der Waals surface area contributed by atoms with Crippen molar-refractivity contribution in [1.82, 2.24) is 4.90 Å². The number of rotatable bonds is 10. The Balaban J connectivity index is 1.84.